The van der Waals surface area contributed by atoms with Gasteiger partial charge in [0.25, 0.3) is 5.91 Å². The van der Waals surface area contributed by atoms with E-state index < -0.39 is 7.12 Å². The lowest BCUT2D eigenvalue weighted by Gasteiger charge is -2.38. The fraction of sp³-hybridized carbons (Fsp3) is 0.364. The average molecular weight is 405 g/mol. The number of hydrogen-bond acceptors (Lipinski definition) is 6. The maximum Gasteiger partial charge on any atom is 0.488 e. The summed E-state index contributed by atoms with van der Waals surface area (Å²) in [4.78, 5) is 19.4. The Morgan fingerprint density at radius 3 is 2.80 bits per heavy atom. The molecule has 1 aliphatic carbocycles. The van der Waals surface area contributed by atoms with Crippen LogP contribution in [0.3, 0.4) is 0 Å². The molecule has 1 aromatic rings. The van der Waals surface area contributed by atoms with Crippen LogP contribution in [-0.4, -0.2) is 53.4 Å². The average Bonchev–Trinajstić information content (AvgIpc) is 3.35. The van der Waals surface area contributed by atoms with E-state index in [1.165, 1.54) is 5.56 Å². The Morgan fingerprint density at radius 1 is 1.27 bits per heavy atom. The molecule has 3 aliphatic heterocycles. The molecule has 1 saturated heterocycles. The zero-order valence-electron chi connectivity index (χ0n) is 16.7. The summed E-state index contributed by atoms with van der Waals surface area (Å²) < 4.78 is 5.95. The Hall–Kier alpha value is -2.68. The van der Waals surface area contributed by atoms with Crippen molar-refractivity contribution in [2.75, 3.05) is 19.7 Å². The van der Waals surface area contributed by atoms with Gasteiger partial charge in [0.05, 0.1) is 12.3 Å². The monoisotopic (exact) mass is 405 g/mol. The van der Waals surface area contributed by atoms with Crippen LogP contribution >= 0.6 is 0 Å². The first-order chi connectivity index (χ1) is 14.5. The molecule has 1 aromatic carbocycles. The minimum absolute atomic E-state index is 0.0557. The summed E-state index contributed by atoms with van der Waals surface area (Å²) >= 11 is 0. The molecule has 0 bridgehead atoms. The van der Waals surface area contributed by atoms with Gasteiger partial charge in [0.2, 0.25) is 0 Å². The van der Waals surface area contributed by atoms with E-state index in [0.717, 1.165) is 35.4 Å². The van der Waals surface area contributed by atoms with E-state index in [0.29, 0.717) is 43.8 Å². The molecule has 0 radical (unpaired) electrons. The fourth-order valence-corrected chi connectivity index (χ4v) is 4.76. The predicted molar refractivity (Wildman–Crippen MR) is 114 cm³/mol. The third-order valence-electron chi connectivity index (χ3n) is 6.61. The van der Waals surface area contributed by atoms with Gasteiger partial charge >= 0.3 is 7.12 Å². The number of benzene rings is 1. The molecule has 7 nitrogen and oxygen atoms in total. The molecule has 1 spiro atoms. The molecule has 8 heteroatoms. The first kappa shape index (κ1) is 19.3. The van der Waals surface area contributed by atoms with Crippen LogP contribution < -0.4 is 10.5 Å². The first-order valence-electron chi connectivity index (χ1n) is 10.3. The lowest BCUT2D eigenvalue weighted by atomic mass is 9.74. The lowest BCUT2D eigenvalue weighted by molar-refractivity contribution is -0.128. The van der Waals surface area contributed by atoms with Gasteiger partial charge in [-0.1, -0.05) is 24.3 Å². The zero-order chi connectivity index (χ0) is 20.9. The number of aliphatic imine (C=N–C) groups is 1. The van der Waals surface area contributed by atoms with Gasteiger partial charge in [0.1, 0.15) is 11.4 Å². The van der Waals surface area contributed by atoms with Gasteiger partial charge in [0.15, 0.2) is 0 Å². The summed E-state index contributed by atoms with van der Waals surface area (Å²) in [5.41, 5.74) is 10.5. The number of carbonyl (C=O) groups excluding carboxylic acids is 1. The van der Waals surface area contributed by atoms with Crippen LogP contribution in [0, 0.1) is 0 Å². The Bertz CT molecular complexity index is 1030. The lowest BCUT2D eigenvalue weighted by Crippen LogP contribution is -2.46. The maximum absolute atomic E-state index is 13.1. The zero-order valence-corrected chi connectivity index (χ0v) is 16.7. The van der Waals surface area contributed by atoms with Gasteiger partial charge in [0, 0.05) is 37.0 Å². The van der Waals surface area contributed by atoms with E-state index in [1.54, 1.807) is 18.2 Å². The van der Waals surface area contributed by atoms with Crippen molar-refractivity contribution < 1.29 is 19.6 Å². The van der Waals surface area contributed by atoms with E-state index in [9.17, 15) is 14.8 Å². The second-order valence-corrected chi connectivity index (χ2v) is 8.37. The SMILES string of the molecule is NCc1ccc2c(c1)C1(CCN(C(=O)C3=CC4=CC(B(O)O)=CCC4=N3)CC1)CO2. The van der Waals surface area contributed by atoms with E-state index in [4.69, 9.17) is 10.5 Å². The number of allylic oxidation sites excluding steroid dienone is 5. The highest BCUT2D eigenvalue weighted by Crippen LogP contribution is 2.46. The fourth-order valence-electron chi connectivity index (χ4n) is 4.76. The minimum Gasteiger partial charge on any atom is -0.492 e. The number of piperidine rings is 1. The topological polar surface area (TPSA) is 108 Å². The molecular weight excluding hydrogens is 381 g/mol. The van der Waals surface area contributed by atoms with Crippen LogP contribution in [0.1, 0.15) is 30.4 Å². The van der Waals surface area contributed by atoms with Crippen molar-refractivity contribution in [1.82, 2.24) is 4.90 Å². The number of hydrogen-bond donors (Lipinski definition) is 3. The molecule has 4 N–H and O–H groups in total. The van der Waals surface area contributed by atoms with E-state index >= 15 is 0 Å². The third kappa shape index (κ3) is 3.12. The highest BCUT2D eigenvalue weighted by atomic mass is 16.5. The smallest absolute Gasteiger partial charge is 0.488 e. The predicted octanol–water partition coefficient (Wildman–Crippen LogP) is 1.00. The van der Waals surface area contributed by atoms with Gasteiger partial charge in [-0.3, -0.25) is 4.79 Å². The highest BCUT2D eigenvalue weighted by Gasteiger charge is 2.44. The van der Waals surface area contributed by atoms with E-state index in [2.05, 4.69) is 11.1 Å². The Balaban J connectivity index is 1.30. The van der Waals surface area contributed by atoms with E-state index in [-0.39, 0.29) is 11.3 Å². The molecule has 0 unspecified atom stereocenters. The summed E-state index contributed by atoms with van der Waals surface area (Å²) in [5, 5.41) is 18.7. The number of amides is 1. The standard InChI is InChI=1S/C22H24BN3O4/c24-12-14-1-4-20-17(9-14)22(13-30-20)5-7-26(8-6-22)21(27)19-11-15-10-16(23(28)29)2-3-18(15)25-19/h1-2,4,9-11,28-29H,3,5-8,12-13,24H2. The molecule has 3 heterocycles. The number of rotatable bonds is 3. The van der Waals surface area contributed by atoms with E-state index in [1.807, 2.05) is 17.0 Å². The Morgan fingerprint density at radius 2 is 2.07 bits per heavy atom. The quantitative estimate of drug-likeness (QED) is 0.651. The number of fused-ring (bicyclic) bond motifs is 3. The molecule has 0 aromatic heterocycles. The van der Waals surface area contributed by atoms with Gasteiger partial charge in [-0.25, -0.2) is 4.99 Å². The number of nitrogens with two attached hydrogens (primary N) is 1. The maximum atomic E-state index is 13.1. The largest absolute Gasteiger partial charge is 0.492 e. The van der Waals surface area contributed by atoms with Gasteiger partial charge in [-0.05, 0) is 41.6 Å². The van der Waals surface area contributed by atoms with Crippen molar-refractivity contribution >= 4 is 18.7 Å². The van der Waals surface area contributed by atoms with Gasteiger partial charge in [-0.2, -0.15) is 0 Å². The second kappa shape index (κ2) is 7.23. The van der Waals surface area contributed by atoms with Crippen molar-refractivity contribution in [3.05, 3.63) is 64.3 Å². The summed E-state index contributed by atoms with van der Waals surface area (Å²) in [6.07, 6.45) is 7.33. The number of ether oxygens (including phenoxy) is 1. The van der Waals surface area contributed by atoms with Crippen molar-refractivity contribution in [3.63, 3.8) is 0 Å². The van der Waals surface area contributed by atoms with Gasteiger partial charge < -0.3 is 25.4 Å². The van der Waals surface area contributed by atoms with Gasteiger partial charge in [-0.15, -0.1) is 0 Å². The molecule has 1 amide bonds. The Kier molecular flexibility index (Phi) is 4.65. The van der Waals surface area contributed by atoms with Crippen molar-refractivity contribution in [1.29, 1.82) is 0 Å². The Labute approximate surface area is 175 Å². The minimum atomic E-state index is -1.51. The van der Waals surface area contributed by atoms with Crippen LogP contribution in [0.15, 0.2) is 58.2 Å². The molecule has 5 rings (SSSR count). The van der Waals surface area contributed by atoms with Crippen LogP contribution in [0.2, 0.25) is 0 Å². The molecule has 0 atom stereocenters. The van der Waals surface area contributed by atoms with Crippen LogP contribution in [-0.2, 0) is 16.8 Å². The molecule has 4 aliphatic rings. The first-order valence-corrected chi connectivity index (χ1v) is 10.3. The molecule has 30 heavy (non-hydrogen) atoms. The molecule has 1 fully saturated rings. The summed E-state index contributed by atoms with van der Waals surface area (Å²) in [7, 11) is -1.51. The number of likely N-dealkylation sites (tertiary alicyclic amines) is 1. The molecule has 0 saturated carbocycles. The van der Waals surface area contributed by atoms with Crippen LogP contribution in [0.25, 0.3) is 0 Å². The third-order valence-corrected chi connectivity index (χ3v) is 6.61. The van der Waals surface area contributed by atoms with Crippen molar-refractivity contribution in [3.8, 4) is 5.75 Å². The second-order valence-electron chi connectivity index (χ2n) is 8.37. The van der Waals surface area contributed by atoms with Crippen molar-refractivity contribution in [2.45, 2.75) is 31.2 Å². The van der Waals surface area contributed by atoms with Crippen molar-refractivity contribution in [2.24, 2.45) is 10.7 Å². The summed E-state index contributed by atoms with van der Waals surface area (Å²) in [6.45, 7) is 2.44. The molecular formula is C22H24BN3O4. The highest BCUT2D eigenvalue weighted by molar-refractivity contribution is 6.52. The summed E-state index contributed by atoms with van der Waals surface area (Å²) in [6, 6.07) is 6.17. The van der Waals surface area contributed by atoms with Crippen LogP contribution in [0.5, 0.6) is 5.75 Å². The summed E-state index contributed by atoms with van der Waals surface area (Å²) in [5.74, 6) is 0.857. The molecule has 154 valence electrons. The normalized spacial score (nSPS) is 21.2. The van der Waals surface area contributed by atoms with Crippen LogP contribution in [0.4, 0.5) is 0 Å². The number of nitrogens with zero attached hydrogens (tertiary/aromatic N) is 2. The number of carbonyl (C=O) groups is 1.